The van der Waals surface area contributed by atoms with Gasteiger partial charge in [-0.2, -0.15) is 0 Å². The number of β-amino-alcohol motifs (C(OH)–C–C–N with tert-alkyl or cyclic N) is 1. The number of aliphatic hydroxyl groups excluding tert-OH is 1. The summed E-state index contributed by atoms with van der Waals surface area (Å²) in [6, 6.07) is 6.17. The number of aromatic nitrogens is 2. The van der Waals surface area contributed by atoms with E-state index in [1.807, 2.05) is 17.9 Å². The number of benzene rings is 1. The fraction of sp³-hybridized carbons (Fsp3) is 0.542. The van der Waals surface area contributed by atoms with Crippen molar-refractivity contribution in [3.8, 4) is 0 Å². The van der Waals surface area contributed by atoms with E-state index in [-0.39, 0.29) is 6.10 Å². The number of nitrogens with one attached hydrogen (secondary N) is 2. The van der Waals surface area contributed by atoms with Gasteiger partial charge in [0.2, 0.25) is 0 Å². The molecule has 2 saturated heterocycles. The van der Waals surface area contributed by atoms with E-state index < -0.39 is 11.2 Å². The second kappa shape index (κ2) is 10.4. The van der Waals surface area contributed by atoms with Gasteiger partial charge in [-0.05, 0) is 69.0 Å². The highest BCUT2D eigenvalue weighted by atomic mass is 32.2. The topological polar surface area (TPSA) is 111 Å². The number of hydrogen-bond acceptors (Lipinski definition) is 8. The molecule has 1 aromatic carbocycles. The number of aryl methyl sites for hydroxylation is 2. The minimum atomic E-state index is -0.744. The summed E-state index contributed by atoms with van der Waals surface area (Å²) in [5.41, 5.74) is 4.23. The second-order valence-corrected chi connectivity index (χ2v) is 10.7. The van der Waals surface area contributed by atoms with Crippen LogP contribution in [0.2, 0.25) is 0 Å². The number of hydrogen-bond donors (Lipinski definition) is 3. The van der Waals surface area contributed by atoms with Crippen molar-refractivity contribution in [2.24, 2.45) is 0 Å². The summed E-state index contributed by atoms with van der Waals surface area (Å²) < 4.78 is 11.4. The van der Waals surface area contributed by atoms with Gasteiger partial charge in [-0.15, -0.1) is 0 Å². The van der Waals surface area contributed by atoms with Crippen molar-refractivity contribution in [2.75, 3.05) is 54.9 Å². The third kappa shape index (κ3) is 5.84. The van der Waals surface area contributed by atoms with E-state index in [0.717, 1.165) is 55.3 Å². The van der Waals surface area contributed by atoms with Crippen LogP contribution in [0.5, 0.6) is 0 Å². The molecule has 0 radical (unpaired) electrons. The Labute approximate surface area is 199 Å². The van der Waals surface area contributed by atoms with E-state index in [1.165, 1.54) is 17.3 Å². The minimum Gasteiger partial charge on any atom is -0.617 e. The first-order valence-corrected chi connectivity index (χ1v) is 13.3. The highest BCUT2D eigenvalue weighted by molar-refractivity contribution is 7.90. The molecule has 1 atom stereocenters. The van der Waals surface area contributed by atoms with E-state index in [1.54, 1.807) is 6.26 Å². The summed E-state index contributed by atoms with van der Waals surface area (Å²) in [5, 5.41) is 21.0. The average Bonchev–Trinajstić information content (AvgIpc) is 2.76. The van der Waals surface area contributed by atoms with Crippen LogP contribution >= 0.6 is 0 Å². The molecule has 1 aromatic heterocycles. The van der Waals surface area contributed by atoms with E-state index in [4.69, 9.17) is 5.41 Å². The molecule has 2 aliphatic heterocycles. The standard InChI is InChI=1S/C24H34N6O2S/c1-16-10-19(13-25)22(11-21(16)18-4-6-29(7-5-18)8-9-33(3)32)28-23-12-24(27-17(2)26-23)30-14-20(31)15-30/h10-13,18,20,25,31H,4-9,14-15H2,1-3H3,(H,26,27,28). The van der Waals surface area contributed by atoms with E-state index >= 15 is 0 Å². The Morgan fingerprint density at radius 3 is 2.58 bits per heavy atom. The zero-order valence-corrected chi connectivity index (χ0v) is 20.5. The molecule has 0 aliphatic carbocycles. The van der Waals surface area contributed by atoms with Gasteiger partial charge in [0.25, 0.3) is 0 Å². The van der Waals surface area contributed by atoms with Gasteiger partial charge < -0.3 is 25.3 Å². The molecular formula is C24H34N6O2S. The number of piperidine rings is 1. The Kier molecular flexibility index (Phi) is 7.53. The normalized spacial score (nSPS) is 18.8. The van der Waals surface area contributed by atoms with E-state index in [9.17, 15) is 9.66 Å². The molecule has 0 saturated carbocycles. The fourth-order valence-electron chi connectivity index (χ4n) is 4.70. The quantitative estimate of drug-likeness (QED) is 0.402. The van der Waals surface area contributed by atoms with Gasteiger partial charge in [0.05, 0.1) is 12.4 Å². The summed E-state index contributed by atoms with van der Waals surface area (Å²) >= 11 is -0.744. The molecule has 1 unspecified atom stereocenters. The van der Waals surface area contributed by atoms with Crippen molar-refractivity contribution in [3.05, 3.63) is 40.7 Å². The Hall–Kier alpha value is -2.20. The maximum Gasteiger partial charge on any atom is 0.136 e. The Bertz CT molecular complexity index is 987. The fourth-order valence-corrected chi connectivity index (χ4v) is 5.21. The lowest BCUT2D eigenvalue weighted by Gasteiger charge is -2.37. The molecular weight excluding hydrogens is 436 g/mol. The van der Waals surface area contributed by atoms with Gasteiger partial charge in [0.15, 0.2) is 0 Å². The van der Waals surface area contributed by atoms with Crippen LogP contribution in [0.3, 0.4) is 0 Å². The molecule has 178 valence electrons. The van der Waals surface area contributed by atoms with Crippen LogP contribution in [0, 0.1) is 19.3 Å². The third-order valence-electron chi connectivity index (χ3n) is 6.59. The second-order valence-electron chi connectivity index (χ2n) is 9.18. The molecule has 0 bridgehead atoms. The molecule has 3 N–H and O–H groups in total. The van der Waals surface area contributed by atoms with E-state index in [0.29, 0.717) is 30.6 Å². The third-order valence-corrected chi connectivity index (χ3v) is 7.35. The highest BCUT2D eigenvalue weighted by Gasteiger charge is 2.26. The van der Waals surface area contributed by atoms with E-state index in [2.05, 4.69) is 39.2 Å². The van der Waals surface area contributed by atoms with Crippen LogP contribution in [-0.4, -0.2) is 81.6 Å². The van der Waals surface area contributed by atoms with Crippen molar-refractivity contribution < 1.29 is 9.66 Å². The van der Waals surface area contributed by atoms with Crippen LogP contribution in [0.25, 0.3) is 0 Å². The molecule has 2 fully saturated rings. The number of anilines is 3. The lowest BCUT2D eigenvalue weighted by atomic mass is 9.85. The molecule has 3 heterocycles. The summed E-state index contributed by atoms with van der Waals surface area (Å²) in [7, 11) is 0. The molecule has 0 amide bonds. The predicted octanol–water partition coefficient (Wildman–Crippen LogP) is 2.57. The Morgan fingerprint density at radius 1 is 1.21 bits per heavy atom. The number of aliphatic hydroxyl groups is 1. The van der Waals surface area contributed by atoms with Gasteiger partial charge in [-0.25, -0.2) is 9.97 Å². The van der Waals surface area contributed by atoms with Crippen molar-refractivity contribution in [1.29, 1.82) is 5.41 Å². The Balaban J connectivity index is 1.51. The minimum absolute atomic E-state index is 0.295. The summed E-state index contributed by atoms with van der Waals surface area (Å²) in [6.07, 6.45) is 5.01. The van der Waals surface area contributed by atoms with Crippen molar-refractivity contribution in [2.45, 2.75) is 38.7 Å². The van der Waals surface area contributed by atoms with Crippen LogP contribution in [-0.2, 0) is 11.2 Å². The lowest BCUT2D eigenvalue weighted by Crippen LogP contribution is -2.51. The van der Waals surface area contributed by atoms with Gasteiger partial charge in [-0.3, -0.25) is 4.90 Å². The lowest BCUT2D eigenvalue weighted by molar-refractivity contribution is 0.141. The number of rotatable bonds is 8. The van der Waals surface area contributed by atoms with Gasteiger partial charge >= 0.3 is 0 Å². The van der Waals surface area contributed by atoms with Crippen molar-refractivity contribution in [1.82, 2.24) is 14.9 Å². The summed E-state index contributed by atoms with van der Waals surface area (Å²) in [5.74, 6) is 3.38. The van der Waals surface area contributed by atoms with Crippen molar-refractivity contribution in [3.63, 3.8) is 0 Å². The smallest absolute Gasteiger partial charge is 0.136 e. The monoisotopic (exact) mass is 470 g/mol. The SMILES string of the molecule is Cc1nc(Nc2cc(C3CCN(CC[S+](C)[O-])CC3)c(C)cc2C=N)cc(N2CC(O)C2)n1. The number of likely N-dealkylation sites (tertiary alicyclic amines) is 1. The largest absolute Gasteiger partial charge is 0.617 e. The molecule has 33 heavy (non-hydrogen) atoms. The first-order chi connectivity index (χ1) is 15.8. The average molecular weight is 471 g/mol. The van der Waals surface area contributed by atoms with Crippen LogP contribution in [0.1, 0.15) is 41.3 Å². The molecule has 8 nitrogen and oxygen atoms in total. The summed E-state index contributed by atoms with van der Waals surface area (Å²) in [4.78, 5) is 13.5. The summed E-state index contributed by atoms with van der Waals surface area (Å²) in [6.45, 7) is 8.11. The van der Waals surface area contributed by atoms with Gasteiger partial charge in [0.1, 0.15) is 23.2 Å². The number of nitrogens with zero attached hydrogens (tertiary/aromatic N) is 4. The maximum atomic E-state index is 11.4. The molecule has 9 heteroatoms. The molecule has 4 rings (SSSR count). The van der Waals surface area contributed by atoms with Crippen LogP contribution < -0.4 is 10.2 Å². The first kappa shape index (κ1) is 23.9. The first-order valence-electron chi connectivity index (χ1n) is 11.6. The highest BCUT2D eigenvalue weighted by Crippen LogP contribution is 2.34. The molecule has 2 aromatic rings. The van der Waals surface area contributed by atoms with Crippen LogP contribution in [0.15, 0.2) is 18.2 Å². The van der Waals surface area contributed by atoms with Gasteiger partial charge in [-0.1, -0.05) is 11.2 Å². The van der Waals surface area contributed by atoms with Crippen molar-refractivity contribution >= 4 is 34.7 Å². The van der Waals surface area contributed by atoms with Gasteiger partial charge in [0, 0.05) is 43.2 Å². The maximum absolute atomic E-state index is 11.4. The molecule has 2 aliphatic rings. The Morgan fingerprint density at radius 2 is 1.94 bits per heavy atom. The zero-order valence-electron chi connectivity index (χ0n) is 19.7. The molecule has 0 spiro atoms. The predicted molar refractivity (Wildman–Crippen MR) is 135 cm³/mol. The van der Waals surface area contributed by atoms with Crippen LogP contribution in [0.4, 0.5) is 17.3 Å². The zero-order chi connectivity index (χ0) is 23.5.